The lowest BCUT2D eigenvalue weighted by Gasteiger charge is -2.29. The molecule has 0 radical (unpaired) electrons. The lowest BCUT2D eigenvalue weighted by atomic mass is 9.94. The first kappa shape index (κ1) is 19.9. The molecule has 1 aromatic carbocycles. The van der Waals surface area contributed by atoms with Crippen LogP contribution in [0.25, 0.3) is 0 Å². The smallest absolute Gasteiger partial charge is 0.416 e. The van der Waals surface area contributed by atoms with E-state index in [9.17, 15) is 26.3 Å². The maximum atomic E-state index is 13.2. The molecule has 0 saturated carbocycles. The number of ether oxygens (including phenoxy) is 1. The first-order valence-electron chi connectivity index (χ1n) is 6.45. The van der Waals surface area contributed by atoms with E-state index in [1.54, 1.807) is 0 Å². The third-order valence-electron chi connectivity index (χ3n) is 3.38. The van der Waals surface area contributed by atoms with E-state index in [2.05, 4.69) is 10.6 Å². The highest BCUT2D eigenvalue weighted by molar-refractivity contribution is 5.85. The summed E-state index contributed by atoms with van der Waals surface area (Å²) in [6.45, 7) is 1.15. The van der Waals surface area contributed by atoms with E-state index in [4.69, 9.17) is 4.74 Å². The monoisotopic (exact) mass is 364 g/mol. The molecular weight excluding hydrogens is 350 g/mol. The molecule has 132 valence electrons. The van der Waals surface area contributed by atoms with Crippen LogP contribution >= 0.6 is 12.4 Å². The van der Waals surface area contributed by atoms with Crippen molar-refractivity contribution in [1.29, 1.82) is 0 Å². The Labute approximate surface area is 134 Å². The number of piperazine rings is 1. The number of halogens is 7. The van der Waals surface area contributed by atoms with Crippen molar-refractivity contribution in [2.24, 2.45) is 0 Å². The van der Waals surface area contributed by atoms with E-state index >= 15 is 0 Å². The van der Waals surface area contributed by atoms with E-state index in [-0.39, 0.29) is 30.6 Å². The Kier molecular flexibility index (Phi) is 6.17. The molecule has 0 spiro atoms. The Balaban J connectivity index is 0.00000264. The third-order valence-corrected chi connectivity index (χ3v) is 3.38. The van der Waals surface area contributed by atoms with Gasteiger partial charge in [-0.1, -0.05) is 0 Å². The van der Waals surface area contributed by atoms with Crippen LogP contribution in [0.3, 0.4) is 0 Å². The van der Waals surface area contributed by atoms with Gasteiger partial charge in [-0.05, 0) is 12.1 Å². The molecule has 2 rings (SSSR count). The average Bonchev–Trinajstić information content (AvgIpc) is 2.44. The Hall–Kier alpha value is -1.19. The van der Waals surface area contributed by atoms with E-state index in [1.165, 1.54) is 0 Å². The molecule has 1 aliphatic rings. The molecule has 1 heterocycles. The summed E-state index contributed by atoms with van der Waals surface area (Å²) in [5, 5.41) is 5.76. The van der Waals surface area contributed by atoms with Crippen molar-refractivity contribution < 1.29 is 31.1 Å². The minimum absolute atomic E-state index is 0. The van der Waals surface area contributed by atoms with Crippen molar-refractivity contribution in [3.63, 3.8) is 0 Å². The van der Waals surface area contributed by atoms with Crippen LogP contribution in [0.15, 0.2) is 12.1 Å². The maximum Gasteiger partial charge on any atom is 0.416 e. The van der Waals surface area contributed by atoms with Gasteiger partial charge >= 0.3 is 12.4 Å². The van der Waals surface area contributed by atoms with Crippen molar-refractivity contribution >= 4 is 12.4 Å². The summed E-state index contributed by atoms with van der Waals surface area (Å²) in [7, 11) is 1.05. The number of methoxy groups -OCH3 is 1. The predicted molar refractivity (Wildman–Crippen MR) is 73.9 cm³/mol. The van der Waals surface area contributed by atoms with Gasteiger partial charge in [-0.25, -0.2) is 0 Å². The molecule has 0 aromatic heterocycles. The molecule has 0 bridgehead atoms. The van der Waals surface area contributed by atoms with Crippen LogP contribution in [0.4, 0.5) is 26.3 Å². The fourth-order valence-electron chi connectivity index (χ4n) is 2.41. The molecule has 3 nitrogen and oxygen atoms in total. The molecule has 1 fully saturated rings. The van der Waals surface area contributed by atoms with E-state index < -0.39 is 35.3 Å². The van der Waals surface area contributed by atoms with Crippen molar-refractivity contribution in [2.45, 2.75) is 18.4 Å². The van der Waals surface area contributed by atoms with E-state index in [0.29, 0.717) is 19.2 Å². The zero-order chi connectivity index (χ0) is 16.5. The summed E-state index contributed by atoms with van der Waals surface area (Å²) in [5.41, 5.74) is -3.03. The normalized spacial score (nSPS) is 19.2. The molecule has 23 heavy (non-hydrogen) atoms. The van der Waals surface area contributed by atoms with Crippen LogP contribution in [0, 0.1) is 0 Å². The molecule has 10 heteroatoms. The van der Waals surface area contributed by atoms with Gasteiger partial charge in [-0.3, -0.25) is 0 Å². The summed E-state index contributed by atoms with van der Waals surface area (Å²) < 4.78 is 82.8. The Morgan fingerprint density at radius 1 is 1.04 bits per heavy atom. The van der Waals surface area contributed by atoms with Gasteiger partial charge in [0.15, 0.2) is 0 Å². The molecule has 0 unspecified atom stereocenters. The number of alkyl halides is 6. The SMILES string of the molecule is COc1cc(C(F)(F)F)cc(C(F)(F)F)c1[C@@H]1CNCCN1.Cl. The molecule has 2 N–H and O–H groups in total. The van der Waals surface area contributed by atoms with Gasteiger partial charge in [0.05, 0.1) is 18.2 Å². The van der Waals surface area contributed by atoms with Gasteiger partial charge in [-0.2, -0.15) is 26.3 Å². The molecule has 0 amide bonds. The fraction of sp³-hybridized carbons (Fsp3) is 0.538. The highest BCUT2D eigenvalue weighted by Crippen LogP contribution is 2.43. The summed E-state index contributed by atoms with van der Waals surface area (Å²) >= 11 is 0. The Bertz CT molecular complexity index is 540. The van der Waals surface area contributed by atoms with Crippen LogP contribution in [0.2, 0.25) is 0 Å². The minimum atomic E-state index is -4.91. The van der Waals surface area contributed by atoms with Crippen LogP contribution in [0.5, 0.6) is 5.75 Å². The lowest BCUT2D eigenvalue weighted by Crippen LogP contribution is -2.43. The van der Waals surface area contributed by atoms with Gasteiger partial charge in [0.2, 0.25) is 0 Å². The Morgan fingerprint density at radius 3 is 2.13 bits per heavy atom. The summed E-state index contributed by atoms with van der Waals surface area (Å²) in [6, 6.07) is -0.0442. The van der Waals surface area contributed by atoms with Crippen LogP contribution < -0.4 is 15.4 Å². The zero-order valence-electron chi connectivity index (χ0n) is 11.9. The van der Waals surface area contributed by atoms with Gasteiger partial charge < -0.3 is 15.4 Å². The summed E-state index contributed by atoms with van der Waals surface area (Å²) in [4.78, 5) is 0. The largest absolute Gasteiger partial charge is 0.496 e. The highest BCUT2D eigenvalue weighted by atomic mass is 35.5. The standard InChI is InChI=1S/C13H14F6N2O.ClH/c1-22-10-5-7(12(14,15)16)4-8(13(17,18)19)11(10)9-6-20-2-3-21-9;/h4-5,9,20-21H,2-3,6H2,1H3;1H/t9-;/m0./s1. The Morgan fingerprint density at radius 2 is 1.70 bits per heavy atom. The van der Waals surface area contributed by atoms with Crippen LogP contribution in [-0.2, 0) is 12.4 Å². The van der Waals surface area contributed by atoms with Gasteiger partial charge in [0.1, 0.15) is 5.75 Å². The lowest BCUT2D eigenvalue weighted by molar-refractivity contribution is -0.143. The molecule has 1 aromatic rings. The van der Waals surface area contributed by atoms with Crippen molar-refractivity contribution in [1.82, 2.24) is 10.6 Å². The number of rotatable bonds is 2. The fourth-order valence-corrected chi connectivity index (χ4v) is 2.41. The second kappa shape index (κ2) is 7.14. The van der Waals surface area contributed by atoms with Gasteiger partial charge in [0, 0.05) is 31.2 Å². The number of nitrogens with one attached hydrogen (secondary N) is 2. The predicted octanol–water partition coefficient (Wildman–Crippen LogP) is 3.39. The first-order valence-corrected chi connectivity index (χ1v) is 6.45. The van der Waals surface area contributed by atoms with Gasteiger partial charge in [0.25, 0.3) is 0 Å². The third kappa shape index (κ3) is 4.42. The average molecular weight is 365 g/mol. The quantitative estimate of drug-likeness (QED) is 0.789. The van der Waals surface area contributed by atoms with E-state index in [0.717, 1.165) is 7.11 Å². The van der Waals surface area contributed by atoms with Crippen LogP contribution in [0.1, 0.15) is 22.7 Å². The first-order chi connectivity index (χ1) is 10.1. The molecule has 1 saturated heterocycles. The highest BCUT2D eigenvalue weighted by Gasteiger charge is 2.41. The minimum Gasteiger partial charge on any atom is -0.496 e. The number of hydrogen-bond acceptors (Lipinski definition) is 3. The zero-order valence-corrected chi connectivity index (χ0v) is 12.8. The summed E-state index contributed by atoms with van der Waals surface area (Å²) in [6.07, 6.45) is -9.80. The molecule has 0 aliphatic carbocycles. The van der Waals surface area contributed by atoms with Crippen LogP contribution in [-0.4, -0.2) is 26.7 Å². The number of hydrogen-bond donors (Lipinski definition) is 2. The topological polar surface area (TPSA) is 33.3 Å². The maximum absolute atomic E-state index is 13.2. The summed E-state index contributed by atoms with van der Waals surface area (Å²) in [5.74, 6) is -0.427. The van der Waals surface area contributed by atoms with Crippen molar-refractivity contribution in [2.75, 3.05) is 26.7 Å². The second-order valence-corrected chi connectivity index (χ2v) is 4.85. The second-order valence-electron chi connectivity index (χ2n) is 4.85. The number of benzene rings is 1. The van der Waals surface area contributed by atoms with Crippen molar-refractivity contribution in [3.8, 4) is 5.75 Å². The van der Waals surface area contributed by atoms with Gasteiger partial charge in [-0.15, -0.1) is 12.4 Å². The van der Waals surface area contributed by atoms with Crippen molar-refractivity contribution in [3.05, 3.63) is 28.8 Å². The van der Waals surface area contributed by atoms with E-state index in [1.807, 2.05) is 0 Å². The molecule has 1 aliphatic heterocycles. The molecule has 1 atom stereocenters. The molecular formula is C13H15ClF6N2O.